The van der Waals surface area contributed by atoms with Crippen molar-refractivity contribution in [3.63, 3.8) is 0 Å². The Labute approximate surface area is 332 Å². The van der Waals surface area contributed by atoms with Crippen molar-refractivity contribution in [1.29, 1.82) is 0 Å². The van der Waals surface area contributed by atoms with E-state index in [4.69, 9.17) is 15.2 Å². The van der Waals surface area contributed by atoms with E-state index in [1.807, 2.05) is 13.8 Å². The molecule has 1 fully saturated rings. The van der Waals surface area contributed by atoms with Crippen molar-refractivity contribution in [3.05, 3.63) is 0 Å². The van der Waals surface area contributed by atoms with Gasteiger partial charge in [-0.1, -0.05) is 53.9 Å². The minimum atomic E-state index is -1.76. The highest BCUT2D eigenvalue weighted by Crippen LogP contribution is 2.28. The first-order valence-electron chi connectivity index (χ1n) is 19.3. The molecule has 0 radical (unpaired) electrons. The third-order valence-corrected chi connectivity index (χ3v) is 9.27. The van der Waals surface area contributed by atoms with Gasteiger partial charge in [-0.3, -0.25) is 43.2 Å². The first-order chi connectivity index (χ1) is 26.5. The molecule has 0 bridgehead atoms. The smallest absolute Gasteiger partial charge is 0.451 e. The van der Waals surface area contributed by atoms with Crippen molar-refractivity contribution in [2.45, 2.75) is 148 Å². The summed E-state index contributed by atoms with van der Waals surface area (Å²) in [6.07, 6.45) is 0.605. The normalized spacial score (nSPS) is 15.8. The van der Waals surface area contributed by atoms with Gasteiger partial charge >= 0.3 is 25.0 Å². The fourth-order valence-corrected chi connectivity index (χ4v) is 6.28. The Morgan fingerprint density at radius 2 is 1.23 bits per heavy atom. The first-order valence-corrected chi connectivity index (χ1v) is 19.3. The quantitative estimate of drug-likeness (QED) is 0.0400. The minimum Gasteiger partial charge on any atom is -0.481 e. The summed E-state index contributed by atoms with van der Waals surface area (Å²) in [4.78, 5) is 114. The molecule has 0 saturated heterocycles. The number of carbonyl (C=O) groups excluding carboxylic acids is 6. The zero-order valence-corrected chi connectivity index (χ0v) is 33.4. The van der Waals surface area contributed by atoms with Gasteiger partial charge in [0.2, 0.25) is 35.4 Å². The lowest BCUT2D eigenvalue weighted by atomic mass is 9.82. The molecule has 0 heterocycles. The number of carbonyl (C=O) groups is 9. The molecule has 21 heteroatoms. The van der Waals surface area contributed by atoms with Crippen LogP contribution in [0.1, 0.15) is 112 Å². The maximum atomic E-state index is 14.2. The van der Waals surface area contributed by atoms with E-state index in [1.165, 1.54) is 0 Å². The zero-order valence-electron chi connectivity index (χ0n) is 33.4. The van der Waals surface area contributed by atoms with Gasteiger partial charge in [0, 0.05) is 19.4 Å². The molecular formula is C36H61BN6O14. The summed E-state index contributed by atoms with van der Waals surface area (Å²) in [6, 6.07) is -6.90. The Kier molecular flexibility index (Phi) is 21.8. The van der Waals surface area contributed by atoms with Crippen LogP contribution in [0.4, 0.5) is 0 Å². The molecule has 11 N–H and O–H groups in total. The average molecular weight is 813 g/mol. The van der Waals surface area contributed by atoms with Crippen LogP contribution in [0, 0.1) is 17.3 Å². The van der Waals surface area contributed by atoms with Gasteiger partial charge in [0.05, 0.1) is 12.8 Å². The van der Waals surface area contributed by atoms with E-state index in [-0.39, 0.29) is 31.6 Å². The molecule has 0 aliphatic heterocycles. The molecule has 1 rings (SSSR count). The van der Waals surface area contributed by atoms with Crippen molar-refractivity contribution in [1.82, 2.24) is 31.9 Å². The second kappa shape index (κ2) is 24.8. The first kappa shape index (κ1) is 50.2. The van der Waals surface area contributed by atoms with Gasteiger partial charge in [-0.25, -0.2) is 0 Å². The van der Waals surface area contributed by atoms with E-state index in [2.05, 4.69) is 31.9 Å². The number of rotatable bonds is 25. The standard InChI is InChI=1S/C36H61BN6O14/c1-20(2)18-23(31(51)38-17-9-16-37(56)57)41-35(55)30(36(3,4)5)43-34(54)29(21-10-7-6-8-11-21)42-32(52)22(12-14-26(45)46)40-33(53)24(19-28(49)50)39-25(44)13-15-27(47)48/h20-24,29-30,56-57H,6-19H2,1-5H3,(H,38,51)(H,39,44)(H,40,53)(H,41,55)(H,42,52)(H,43,54)(H,45,46)(H,47,48)(H,49,50)/t22-,23-,24-,29-,30+/m0/s1. The maximum absolute atomic E-state index is 14.2. The summed E-state index contributed by atoms with van der Waals surface area (Å²) < 4.78 is 0. The van der Waals surface area contributed by atoms with Gasteiger partial charge in [0.25, 0.3) is 0 Å². The molecular weight excluding hydrogens is 751 g/mol. The SMILES string of the molecule is CC(C)C[C@H](NC(=O)[C@@H](NC(=O)[C@@H](NC(=O)[C@H](CCC(=O)O)NC(=O)[C@H](CC(=O)O)NC(=O)CCC(=O)O)C1CCCCC1)C(C)(C)C)C(=O)NCCCB(O)O. The van der Waals surface area contributed by atoms with Crippen LogP contribution >= 0.6 is 0 Å². The summed E-state index contributed by atoms with van der Waals surface area (Å²) in [6.45, 7) is 8.90. The summed E-state index contributed by atoms with van der Waals surface area (Å²) in [5, 5.41) is 61.0. The van der Waals surface area contributed by atoms with Crippen molar-refractivity contribution >= 4 is 60.5 Å². The summed E-state index contributed by atoms with van der Waals surface area (Å²) in [5.74, 6) is -9.67. The molecule has 322 valence electrons. The lowest BCUT2D eigenvalue weighted by Gasteiger charge is -2.36. The number of carboxylic acids is 3. The Bertz CT molecular complexity index is 1420. The fourth-order valence-electron chi connectivity index (χ4n) is 6.28. The molecule has 1 aliphatic rings. The molecule has 0 spiro atoms. The van der Waals surface area contributed by atoms with E-state index in [9.17, 15) is 53.4 Å². The van der Waals surface area contributed by atoms with Crippen LogP contribution in [0.2, 0.25) is 6.32 Å². The van der Waals surface area contributed by atoms with Crippen LogP contribution in [0.15, 0.2) is 0 Å². The molecule has 5 atom stereocenters. The number of nitrogens with one attached hydrogen (secondary N) is 6. The van der Waals surface area contributed by atoms with Gasteiger partial charge in [0.1, 0.15) is 30.2 Å². The Morgan fingerprint density at radius 3 is 1.75 bits per heavy atom. The van der Waals surface area contributed by atoms with Crippen molar-refractivity contribution in [2.75, 3.05) is 6.54 Å². The molecule has 20 nitrogen and oxygen atoms in total. The second-order valence-corrected chi connectivity index (χ2v) is 15.9. The number of carboxylic acid groups (broad SMARTS) is 3. The number of amides is 6. The molecule has 1 aliphatic carbocycles. The monoisotopic (exact) mass is 812 g/mol. The Morgan fingerprint density at radius 1 is 0.649 bits per heavy atom. The molecule has 57 heavy (non-hydrogen) atoms. The van der Waals surface area contributed by atoms with Crippen LogP contribution in [0.25, 0.3) is 0 Å². The highest BCUT2D eigenvalue weighted by Gasteiger charge is 2.40. The predicted molar refractivity (Wildman–Crippen MR) is 204 cm³/mol. The minimum absolute atomic E-state index is 0.0314. The van der Waals surface area contributed by atoms with E-state index in [1.54, 1.807) is 20.8 Å². The van der Waals surface area contributed by atoms with E-state index in [0.29, 0.717) is 25.7 Å². The molecule has 0 aromatic rings. The zero-order chi connectivity index (χ0) is 43.5. The van der Waals surface area contributed by atoms with Crippen molar-refractivity contribution in [2.24, 2.45) is 17.3 Å². The lowest BCUT2D eigenvalue weighted by Crippen LogP contribution is -2.63. The largest absolute Gasteiger partial charge is 0.481 e. The van der Waals surface area contributed by atoms with Crippen LogP contribution in [0.5, 0.6) is 0 Å². The molecule has 0 unspecified atom stereocenters. The predicted octanol–water partition coefficient (Wildman–Crippen LogP) is -0.734. The number of hydrogen-bond donors (Lipinski definition) is 11. The van der Waals surface area contributed by atoms with Crippen molar-refractivity contribution in [3.8, 4) is 0 Å². The van der Waals surface area contributed by atoms with Crippen LogP contribution in [-0.4, -0.2) is 123 Å². The van der Waals surface area contributed by atoms with Crippen LogP contribution in [-0.2, 0) is 43.2 Å². The summed E-state index contributed by atoms with van der Waals surface area (Å²) in [7, 11) is -1.53. The third kappa shape index (κ3) is 20.3. The second-order valence-electron chi connectivity index (χ2n) is 15.9. The van der Waals surface area contributed by atoms with Crippen molar-refractivity contribution < 1.29 is 68.5 Å². The van der Waals surface area contributed by atoms with Gasteiger partial charge in [-0.05, 0) is 55.7 Å². The van der Waals surface area contributed by atoms with Crippen LogP contribution < -0.4 is 31.9 Å². The highest BCUT2D eigenvalue weighted by atomic mass is 16.4. The summed E-state index contributed by atoms with van der Waals surface area (Å²) in [5.41, 5.74) is -0.928. The topological polar surface area (TPSA) is 327 Å². The average Bonchev–Trinajstić information content (AvgIpc) is 3.10. The van der Waals surface area contributed by atoms with Crippen LogP contribution in [0.3, 0.4) is 0 Å². The van der Waals surface area contributed by atoms with E-state index in [0.717, 1.165) is 6.42 Å². The van der Waals surface area contributed by atoms with Gasteiger partial charge in [-0.2, -0.15) is 0 Å². The third-order valence-electron chi connectivity index (χ3n) is 9.27. The summed E-state index contributed by atoms with van der Waals surface area (Å²) >= 11 is 0. The van der Waals surface area contributed by atoms with Gasteiger partial charge < -0.3 is 57.3 Å². The molecule has 0 aromatic carbocycles. The highest BCUT2D eigenvalue weighted by molar-refractivity contribution is 6.40. The number of hydrogen-bond acceptors (Lipinski definition) is 11. The molecule has 1 saturated carbocycles. The Balaban J connectivity index is 3.38. The Hall–Kier alpha value is -4.79. The lowest BCUT2D eigenvalue weighted by molar-refractivity contribution is -0.142. The molecule has 6 amide bonds. The van der Waals surface area contributed by atoms with Gasteiger partial charge in [-0.15, -0.1) is 0 Å². The van der Waals surface area contributed by atoms with E-state index >= 15 is 0 Å². The number of aliphatic carboxylic acids is 3. The van der Waals surface area contributed by atoms with Gasteiger partial charge in [0.15, 0.2) is 0 Å². The fraction of sp³-hybridized carbons (Fsp3) is 0.750. The maximum Gasteiger partial charge on any atom is 0.451 e. The molecule has 0 aromatic heterocycles. The van der Waals surface area contributed by atoms with E-state index < -0.39 is 134 Å².